The fourth-order valence-electron chi connectivity index (χ4n) is 1.70. The lowest BCUT2D eigenvalue weighted by Crippen LogP contribution is -2.03. The molecule has 3 aromatic rings. The molecule has 2 heterocycles. The summed E-state index contributed by atoms with van der Waals surface area (Å²) in [5.41, 5.74) is 0.925. The van der Waals surface area contributed by atoms with Crippen LogP contribution in [0.15, 0.2) is 30.5 Å². The Morgan fingerprint density at radius 2 is 2.21 bits per heavy atom. The van der Waals surface area contributed by atoms with Gasteiger partial charge >= 0.3 is 5.97 Å². The van der Waals surface area contributed by atoms with E-state index in [2.05, 4.69) is 15.3 Å². The Hall–Kier alpha value is -2.28. The molecule has 0 aliphatic heterocycles. The largest absolute Gasteiger partial charge is 0.461 e. The number of hydrogen-bond acceptors (Lipinski definition) is 6. The number of carbonyl (C=O) groups excluding carboxylic acids is 1. The van der Waals surface area contributed by atoms with Crippen molar-refractivity contribution in [3.05, 3.63) is 35.5 Å². The van der Waals surface area contributed by atoms with Gasteiger partial charge in [0.2, 0.25) is 10.1 Å². The molecule has 6 nitrogen and oxygen atoms in total. The van der Waals surface area contributed by atoms with Crippen molar-refractivity contribution in [2.24, 2.45) is 0 Å². The molecule has 0 saturated heterocycles. The van der Waals surface area contributed by atoms with Gasteiger partial charge in [-0.1, -0.05) is 29.5 Å². The van der Waals surface area contributed by atoms with Crippen molar-refractivity contribution in [1.82, 2.24) is 20.0 Å². The van der Waals surface area contributed by atoms with Crippen LogP contribution in [-0.2, 0) is 4.74 Å². The number of esters is 1. The number of benzene rings is 1. The van der Waals surface area contributed by atoms with Crippen LogP contribution in [0, 0.1) is 0 Å². The third-order valence-electron chi connectivity index (χ3n) is 2.52. The third-order valence-corrected chi connectivity index (χ3v) is 3.40. The number of carbonyl (C=O) groups is 1. The van der Waals surface area contributed by atoms with Crippen LogP contribution in [-0.4, -0.2) is 32.6 Å². The Labute approximate surface area is 112 Å². The maximum absolute atomic E-state index is 11.5. The number of hydrogen-bond donors (Lipinski definition) is 0. The molecular formula is C12H10N4O2S. The predicted molar refractivity (Wildman–Crippen MR) is 70.5 cm³/mol. The second-order valence-electron chi connectivity index (χ2n) is 3.73. The summed E-state index contributed by atoms with van der Waals surface area (Å²) in [4.78, 5) is 11.5. The highest BCUT2D eigenvalue weighted by molar-refractivity contribution is 7.15. The molecule has 0 spiro atoms. The Bertz CT molecular complexity index is 734. The Morgan fingerprint density at radius 3 is 3.05 bits per heavy atom. The standard InChI is InChI=1S/C12H10N4O2S/c1-2-18-11(17)10-14-15-12(19-10)16-9-6-4-3-5-8(9)7-13-16/h3-7H,2H2,1H3. The molecule has 0 aliphatic rings. The summed E-state index contributed by atoms with van der Waals surface area (Å²) >= 11 is 1.16. The van der Waals surface area contributed by atoms with Gasteiger partial charge in [-0.05, 0) is 13.0 Å². The first-order chi connectivity index (χ1) is 9.29. The van der Waals surface area contributed by atoms with Crippen LogP contribution in [0.4, 0.5) is 0 Å². The second kappa shape index (κ2) is 4.77. The van der Waals surface area contributed by atoms with Crippen LogP contribution >= 0.6 is 11.3 Å². The molecule has 2 aromatic heterocycles. The fourth-order valence-corrected chi connectivity index (χ4v) is 2.41. The Kier molecular flexibility index (Phi) is 2.96. The number of rotatable bonds is 3. The van der Waals surface area contributed by atoms with Gasteiger partial charge in [0.1, 0.15) is 0 Å². The van der Waals surface area contributed by atoms with Crippen molar-refractivity contribution in [2.45, 2.75) is 6.92 Å². The molecule has 7 heteroatoms. The molecule has 0 atom stereocenters. The minimum absolute atomic E-state index is 0.233. The zero-order chi connectivity index (χ0) is 13.2. The van der Waals surface area contributed by atoms with E-state index in [1.54, 1.807) is 17.8 Å². The molecule has 0 unspecified atom stereocenters. The van der Waals surface area contributed by atoms with Crippen LogP contribution in [0.3, 0.4) is 0 Å². The first-order valence-electron chi connectivity index (χ1n) is 5.73. The molecule has 0 aliphatic carbocycles. The molecule has 3 rings (SSSR count). The maximum atomic E-state index is 11.5. The molecule has 1 aromatic carbocycles. The van der Waals surface area contributed by atoms with Crippen molar-refractivity contribution in [3.63, 3.8) is 0 Å². The molecular weight excluding hydrogens is 264 g/mol. The number of nitrogens with zero attached hydrogens (tertiary/aromatic N) is 4. The Morgan fingerprint density at radius 1 is 1.37 bits per heavy atom. The van der Waals surface area contributed by atoms with Gasteiger partial charge in [0.05, 0.1) is 18.3 Å². The lowest BCUT2D eigenvalue weighted by Gasteiger charge is -1.96. The summed E-state index contributed by atoms with van der Waals surface area (Å²) in [6, 6.07) is 7.77. The molecule has 19 heavy (non-hydrogen) atoms. The molecule has 0 saturated carbocycles. The van der Waals surface area contributed by atoms with E-state index in [0.29, 0.717) is 11.7 Å². The van der Waals surface area contributed by atoms with E-state index >= 15 is 0 Å². The van der Waals surface area contributed by atoms with E-state index < -0.39 is 5.97 Å². The number of fused-ring (bicyclic) bond motifs is 1. The van der Waals surface area contributed by atoms with Crippen molar-refractivity contribution in [1.29, 1.82) is 0 Å². The number of ether oxygens (including phenoxy) is 1. The summed E-state index contributed by atoms with van der Waals surface area (Å²) in [7, 11) is 0. The summed E-state index contributed by atoms with van der Waals surface area (Å²) in [5.74, 6) is -0.456. The average Bonchev–Trinajstić information content (AvgIpc) is 3.05. The molecule has 0 N–H and O–H groups in total. The summed E-state index contributed by atoms with van der Waals surface area (Å²) in [6.07, 6.45) is 1.75. The van der Waals surface area contributed by atoms with E-state index in [4.69, 9.17) is 4.74 Å². The highest BCUT2D eigenvalue weighted by Crippen LogP contribution is 2.20. The van der Waals surface area contributed by atoms with E-state index in [1.165, 1.54) is 0 Å². The van der Waals surface area contributed by atoms with E-state index in [1.807, 2.05) is 24.3 Å². The van der Waals surface area contributed by atoms with Crippen molar-refractivity contribution in [2.75, 3.05) is 6.61 Å². The monoisotopic (exact) mass is 274 g/mol. The Balaban J connectivity index is 2.01. The van der Waals surface area contributed by atoms with Gasteiger partial charge in [-0.2, -0.15) is 5.10 Å². The summed E-state index contributed by atoms with van der Waals surface area (Å²) < 4.78 is 6.55. The van der Waals surface area contributed by atoms with Gasteiger partial charge in [0.25, 0.3) is 0 Å². The number of aromatic nitrogens is 4. The highest BCUT2D eigenvalue weighted by atomic mass is 32.1. The topological polar surface area (TPSA) is 69.9 Å². The van der Waals surface area contributed by atoms with Gasteiger partial charge in [0.15, 0.2) is 0 Å². The van der Waals surface area contributed by atoms with Gasteiger partial charge in [-0.25, -0.2) is 9.48 Å². The number of para-hydroxylation sites is 1. The lowest BCUT2D eigenvalue weighted by molar-refractivity contribution is 0.0525. The molecule has 0 radical (unpaired) electrons. The quantitative estimate of drug-likeness (QED) is 0.684. The van der Waals surface area contributed by atoms with Crippen LogP contribution in [0.25, 0.3) is 16.0 Å². The summed E-state index contributed by atoms with van der Waals surface area (Å²) in [6.45, 7) is 2.07. The molecule has 96 valence electrons. The lowest BCUT2D eigenvalue weighted by atomic mass is 10.3. The third kappa shape index (κ3) is 2.08. The SMILES string of the molecule is CCOC(=O)c1nnc(-n2ncc3ccccc32)s1. The first-order valence-corrected chi connectivity index (χ1v) is 6.55. The second-order valence-corrected chi connectivity index (χ2v) is 4.68. The van der Waals surface area contributed by atoms with Gasteiger partial charge in [-0.3, -0.25) is 0 Å². The molecule has 0 amide bonds. The van der Waals surface area contributed by atoms with Crippen molar-refractivity contribution >= 4 is 28.2 Å². The summed E-state index contributed by atoms with van der Waals surface area (Å²) in [5, 5.41) is 13.9. The minimum Gasteiger partial charge on any atom is -0.461 e. The fraction of sp³-hybridized carbons (Fsp3) is 0.167. The highest BCUT2D eigenvalue weighted by Gasteiger charge is 2.16. The zero-order valence-corrected chi connectivity index (χ0v) is 10.9. The predicted octanol–water partition coefficient (Wildman–Crippen LogP) is 2.05. The van der Waals surface area contributed by atoms with Crippen molar-refractivity contribution in [3.8, 4) is 5.13 Å². The average molecular weight is 274 g/mol. The van der Waals surface area contributed by atoms with Crippen molar-refractivity contribution < 1.29 is 9.53 Å². The smallest absolute Gasteiger partial charge is 0.369 e. The van der Waals surface area contributed by atoms with Crippen LogP contribution in [0.2, 0.25) is 0 Å². The van der Waals surface area contributed by atoms with Crippen LogP contribution < -0.4 is 0 Å². The normalized spacial score (nSPS) is 10.8. The zero-order valence-electron chi connectivity index (χ0n) is 10.1. The first kappa shape index (κ1) is 11.8. The van der Waals surface area contributed by atoms with Crippen LogP contribution in [0.1, 0.15) is 16.7 Å². The van der Waals surface area contributed by atoms with E-state index in [0.717, 1.165) is 22.2 Å². The van der Waals surface area contributed by atoms with Gasteiger partial charge < -0.3 is 4.74 Å². The molecule has 0 fully saturated rings. The van der Waals surface area contributed by atoms with Gasteiger partial charge in [-0.15, -0.1) is 10.2 Å². The molecule has 0 bridgehead atoms. The van der Waals surface area contributed by atoms with E-state index in [-0.39, 0.29) is 5.01 Å². The van der Waals surface area contributed by atoms with Crippen LogP contribution in [0.5, 0.6) is 0 Å². The van der Waals surface area contributed by atoms with Gasteiger partial charge in [0, 0.05) is 5.39 Å². The van der Waals surface area contributed by atoms with E-state index in [9.17, 15) is 4.79 Å². The maximum Gasteiger partial charge on any atom is 0.369 e. The minimum atomic E-state index is -0.456.